The molecule has 12 nitrogen and oxygen atoms in total. The highest BCUT2D eigenvalue weighted by Gasteiger charge is 2.39. The third-order valence-corrected chi connectivity index (χ3v) is 8.74. The van der Waals surface area contributed by atoms with Gasteiger partial charge in [0.15, 0.2) is 6.61 Å². The van der Waals surface area contributed by atoms with Crippen LogP contribution in [0.4, 0.5) is 5.82 Å². The smallest absolute Gasteiger partial charge is 0.258 e. The van der Waals surface area contributed by atoms with Gasteiger partial charge in [-0.1, -0.05) is 17.9 Å². The number of ether oxygens (including phenoxy) is 1. The van der Waals surface area contributed by atoms with Crippen molar-refractivity contribution in [2.75, 3.05) is 25.5 Å². The van der Waals surface area contributed by atoms with Crippen molar-refractivity contribution in [3.8, 4) is 17.7 Å². The van der Waals surface area contributed by atoms with Gasteiger partial charge in [0.05, 0.1) is 11.1 Å². The van der Waals surface area contributed by atoms with Crippen LogP contribution in [0.2, 0.25) is 0 Å². The van der Waals surface area contributed by atoms with Crippen LogP contribution < -0.4 is 15.4 Å². The number of benzene rings is 1. The summed E-state index contributed by atoms with van der Waals surface area (Å²) in [4.78, 5) is 65.7. The number of imide groups is 1. The second-order valence-electron chi connectivity index (χ2n) is 11.7. The fourth-order valence-electron chi connectivity index (χ4n) is 6.33. The number of likely N-dealkylation sites (tertiary alicyclic amines) is 1. The Bertz CT molecular complexity index is 1940. The summed E-state index contributed by atoms with van der Waals surface area (Å²) in [5.74, 6) is 5.38. The molecule has 3 N–H and O–H groups in total. The van der Waals surface area contributed by atoms with E-state index in [1.807, 2.05) is 12.1 Å². The number of H-pyrrole nitrogens is 1. The minimum absolute atomic E-state index is 0.0335. The standard InChI is InChI=1S/C34H31N7O5/c1-40-13-3-8-27(40)26-15-22-18-35-29(16-25(22)37-26)38-32(43)21-9-12-31(36-17-21)46-14-4-6-20-5-2-7-23-24(20)19-41(34(23)45)28-10-11-30(42)39-33(28)44/h2,5,7,9,12,15-18,27-28,37H,3,8,10-11,13-14,19H2,1H3,(H,35,38,43)(H,39,42,44)/t27-,28?/m1/s1. The molecular weight excluding hydrogens is 586 g/mol. The highest BCUT2D eigenvalue weighted by Crippen LogP contribution is 2.32. The van der Waals surface area contributed by atoms with Crippen molar-refractivity contribution in [2.24, 2.45) is 0 Å². The number of hydrogen-bond acceptors (Lipinski definition) is 8. The van der Waals surface area contributed by atoms with Crippen LogP contribution in [0, 0.1) is 11.8 Å². The van der Waals surface area contributed by atoms with E-state index >= 15 is 0 Å². The molecule has 2 saturated heterocycles. The molecule has 0 radical (unpaired) electrons. The number of aromatic nitrogens is 3. The van der Waals surface area contributed by atoms with Crippen molar-refractivity contribution in [1.29, 1.82) is 0 Å². The van der Waals surface area contributed by atoms with Crippen LogP contribution in [0.15, 0.2) is 54.9 Å². The Hall–Kier alpha value is -5.54. The molecule has 4 amide bonds. The van der Waals surface area contributed by atoms with Crippen LogP contribution in [0.3, 0.4) is 0 Å². The number of amides is 4. The van der Waals surface area contributed by atoms with Crippen molar-refractivity contribution in [1.82, 2.24) is 30.1 Å². The lowest BCUT2D eigenvalue weighted by Crippen LogP contribution is -2.52. The second-order valence-corrected chi connectivity index (χ2v) is 11.7. The van der Waals surface area contributed by atoms with Gasteiger partial charge in [0.25, 0.3) is 11.8 Å². The molecule has 1 unspecified atom stereocenters. The van der Waals surface area contributed by atoms with Crippen LogP contribution in [0.1, 0.15) is 69.3 Å². The van der Waals surface area contributed by atoms with E-state index in [1.165, 1.54) is 17.5 Å². The van der Waals surface area contributed by atoms with Crippen molar-refractivity contribution in [2.45, 2.75) is 44.3 Å². The Kier molecular flexibility index (Phi) is 7.68. The maximum absolute atomic E-state index is 13.0. The lowest BCUT2D eigenvalue weighted by atomic mass is 10.0. The summed E-state index contributed by atoms with van der Waals surface area (Å²) in [7, 11) is 2.13. The van der Waals surface area contributed by atoms with Crippen LogP contribution >= 0.6 is 0 Å². The lowest BCUT2D eigenvalue weighted by molar-refractivity contribution is -0.136. The van der Waals surface area contributed by atoms with Gasteiger partial charge in [0.2, 0.25) is 17.7 Å². The fourth-order valence-corrected chi connectivity index (χ4v) is 6.33. The Balaban J connectivity index is 0.951. The molecule has 0 spiro atoms. The molecule has 0 saturated carbocycles. The predicted octanol–water partition coefficient (Wildman–Crippen LogP) is 3.17. The van der Waals surface area contributed by atoms with Gasteiger partial charge in [0.1, 0.15) is 11.9 Å². The average molecular weight is 618 g/mol. The summed E-state index contributed by atoms with van der Waals surface area (Å²) in [6, 6.07) is 12.1. The number of nitrogens with one attached hydrogen (secondary N) is 3. The maximum Gasteiger partial charge on any atom is 0.258 e. The van der Waals surface area contributed by atoms with E-state index < -0.39 is 11.9 Å². The molecule has 232 valence electrons. The van der Waals surface area contributed by atoms with Crippen molar-refractivity contribution in [3.63, 3.8) is 0 Å². The third kappa shape index (κ3) is 5.68. The normalized spacial score (nSPS) is 19.5. The largest absolute Gasteiger partial charge is 0.464 e. The van der Waals surface area contributed by atoms with E-state index in [2.05, 4.69) is 55.4 Å². The number of nitrogens with zero attached hydrogens (tertiary/aromatic N) is 4. The number of pyridine rings is 2. The Morgan fingerprint density at radius 2 is 1.98 bits per heavy atom. The monoisotopic (exact) mass is 617 g/mol. The average Bonchev–Trinajstić information content (AvgIpc) is 3.76. The molecule has 3 aliphatic rings. The molecule has 3 aromatic heterocycles. The number of fused-ring (bicyclic) bond motifs is 2. The van der Waals surface area contributed by atoms with Gasteiger partial charge < -0.3 is 19.9 Å². The van der Waals surface area contributed by atoms with Crippen molar-refractivity contribution in [3.05, 3.63) is 82.8 Å². The van der Waals surface area contributed by atoms with Gasteiger partial charge in [-0.2, -0.15) is 0 Å². The minimum atomic E-state index is -0.686. The number of anilines is 1. The quantitative estimate of drug-likeness (QED) is 0.221. The molecule has 2 atom stereocenters. The van der Waals surface area contributed by atoms with E-state index in [0.29, 0.717) is 40.9 Å². The van der Waals surface area contributed by atoms with Gasteiger partial charge in [0, 0.05) is 65.7 Å². The first kappa shape index (κ1) is 29.2. The van der Waals surface area contributed by atoms with E-state index in [9.17, 15) is 19.2 Å². The van der Waals surface area contributed by atoms with Gasteiger partial charge in [-0.3, -0.25) is 29.4 Å². The lowest BCUT2D eigenvalue weighted by Gasteiger charge is -2.29. The summed E-state index contributed by atoms with van der Waals surface area (Å²) in [6.07, 6.45) is 5.97. The van der Waals surface area contributed by atoms with Gasteiger partial charge in [-0.15, -0.1) is 0 Å². The topological polar surface area (TPSA) is 150 Å². The SMILES string of the molecule is CN1CCC[C@@H]1c1cc2cnc(NC(=O)c3ccc(OCC#Cc4cccc5c4CN(C4CCC(=O)NC4=O)C5=O)nc3)cc2[nH]1. The first-order chi connectivity index (χ1) is 22.3. The number of hydrogen-bond donors (Lipinski definition) is 3. The van der Waals surface area contributed by atoms with E-state index in [4.69, 9.17) is 4.74 Å². The molecule has 1 aromatic carbocycles. The summed E-state index contributed by atoms with van der Waals surface area (Å²) in [5.41, 5.74) is 4.33. The molecule has 46 heavy (non-hydrogen) atoms. The van der Waals surface area contributed by atoms with Crippen LogP contribution in [0.5, 0.6) is 5.88 Å². The number of carbonyl (C=O) groups excluding carboxylic acids is 4. The first-order valence-corrected chi connectivity index (χ1v) is 15.2. The third-order valence-electron chi connectivity index (χ3n) is 8.74. The predicted molar refractivity (Wildman–Crippen MR) is 168 cm³/mol. The summed E-state index contributed by atoms with van der Waals surface area (Å²) in [6.45, 7) is 1.36. The number of aromatic amines is 1. The van der Waals surface area contributed by atoms with Crippen molar-refractivity contribution < 1.29 is 23.9 Å². The fraction of sp³-hybridized carbons (Fsp3) is 0.294. The number of piperidine rings is 1. The van der Waals surface area contributed by atoms with Gasteiger partial charge in [-0.05, 0) is 62.7 Å². The molecule has 6 heterocycles. The summed E-state index contributed by atoms with van der Waals surface area (Å²) < 4.78 is 5.66. The molecule has 7 rings (SSSR count). The van der Waals surface area contributed by atoms with Gasteiger partial charge >= 0.3 is 0 Å². The Morgan fingerprint density at radius 3 is 2.76 bits per heavy atom. The van der Waals surface area contributed by atoms with Crippen LogP contribution in [-0.2, 0) is 16.1 Å². The summed E-state index contributed by atoms with van der Waals surface area (Å²) >= 11 is 0. The zero-order valence-electron chi connectivity index (χ0n) is 25.1. The highest BCUT2D eigenvalue weighted by molar-refractivity contribution is 6.06. The highest BCUT2D eigenvalue weighted by atomic mass is 16.5. The zero-order valence-corrected chi connectivity index (χ0v) is 25.1. The molecule has 0 bridgehead atoms. The molecule has 4 aromatic rings. The van der Waals surface area contributed by atoms with Crippen LogP contribution in [0.25, 0.3) is 10.9 Å². The summed E-state index contributed by atoms with van der Waals surface area (Å²) in [5, 5.41) is 6.14. The van der Waals surface area contributed by atoms with E-state index in [1.54, 1.807) is 30.5 Å². The van der Waals surface area contributed by atoms with Crippen molar-refractivity contribution >= 4 is 40.3 Å². The number of rotatable bonds is 6. The second kappa shape index (κ2) is 12.1. The Labute approximate surface area is 264 Å². The first-order valence-electron chi connectivity index (χ1n) is 15.2. The molecule has 0 aliphatic carbocycles. The minimum Gasteiger partial charge on any atom is -0.464 e. The van der Waals surface area contributed by atoms with Gasteiger partial charge in [-0.25, -0.2) is 9.97 Å². The van der Waals surface area contributed by atoms with Crippen LogP contribution in [-0.4, -0.2) is 74.6 Å². The number of carbonyl (C=O) groups is 4. The Morgan fingerprint density at radius 1 is 1.09 bits per heavy atom. The molecule has 3 aliphatic heterocycles. The molecule has 12 heteroatoms. The van der Waals surface area contributed by atoms with E-state index in [0.717, 1.165) is 35.1 Å². The maximum atomic E-state index is 13.0. The van der Waals surface area contributed by atoms with E-state index in [-0.39, 0.29) is 37.3 Å². The molecular formula is C34H31N7O5. The zero-order chi connectivity index (χ0) is 31.8. The molecule has 2 fully saturated rings.